The van der Waals surface area contributed by atoms with Gasteiger partial charge in [-0.25, -0.2) is 9.97 Å². The minimum absolute atomic E-state index is 0.0463. The summed E-state index contributed by atoms with van der Waals surface area (Å²) in [6, 6.07) is 82.1. The normalized spacial score (nSPS) is 14.6. The number of rotatable bonds is 10. The second-order valence-electron chi connectivity index (χ2n) is 18.5. The molecular weight excluding hydrogens is 873 g/mol. The first-order valence-electron chi connectivity index (χ1n) is 24.8. The third-order valence-electron chi connectivity index (χ3n) is 14.2. The van der Waals surface area contributed by atoms with Crippen molar-refractivity contribution in [2.75, 3.05) is 9.80 Å². The van der Waals surface area contributed by atoms with Gasteiger partial charge in [0.15, 0.2) is 0 Å². The molecule has 0 spiro atoms. The van der Waals surface area contributed by atoms with Crippen molar-refractivity contribution in [1.29, 1.82) is 0 Å². The van der Waals surface area contributed by atoms with Crippen LogP contribution in [0.15, 0.2) is 267 Å². The van der Waals surface area contributed by atoms with Gasteiger partial charge in [0.25, 0.3) is 0 Å². The van der Waals surface area contributed by atoms with E-state index >= 15 is 0 Å². The van der Waals surface area contributed by atoms with Crippen LogP contribution >= 0.6 is 0 Å². The fraction of sp³-hybridized carbons (Fsp3) is 0.0441. The quantitative estimate of drug-likeness (QED) is 0.128. The lowest BCUT2D eigenvalue weighted by Crippen LogP contribution is -2.25. The molecule has 2 aliphatic carbocycles. The van der Waals surface area contributed by atoms with Crippen molar-refractivity contribution in [2.45, 2.75) is 18.9 Å². The maximum atomic E-state index is 5.19. The molecule has 2 heterocycles. The monoisotopic (exact) mass is 920 g/mol. The minimum Gasteiger partial charge on any atom is -0.329 e. The van der Waals surface area contributed by atoms with Crippen LogP contribution in [0.3, 0.4) is 0 Å². The molecule has 1 atom stereocenters. The van der Waals surface area contributed by atoms with Crippen LogP contribution in [0.2, 0.25) is 0 Å². The molecular formula is C68H48N4. The standard InChI is InChI=1S/C68H48N4/c1-5-19-47(20-6-1)57-27-13-15-29-59(57)51-35-43-65-61(45-51)62-46-52(60-30-16-14-28-58(60)48-21-7-2-8-22-48)36-44-66(62)72(65)56-41-39-55(40-42-56)71(53-25-11-4-12-26-53)54-37-33-50(34-38-54)68-67(49-23-9-3-10-24-49)69-63-31-17-18-32-64(63)70-68/h1-7,9-21,23-45,66H,8,22H2. The number of fused-ring (bicyclic) bond motifs is 4. The first kappa shape index (κ1) is 42.7. The van der Waals surface area contributed by atoms with Crippen molar-refractivity contribution in [3.63, 3.8) is 0 Å². The third-order valence-corrected chi connectivity index (χ3v) is 14.2. The Morgan fingerprint density at radius 2 is 0.986 bits per heavy atom. The van der Waals surface area contributed by atoms with Crippen molar-refractivity contribution >= 4 is 56.2 Å². The summed E-state index contributed by atoms with van der Waals surface area (Å²) in [7, 11) is 0. The summed E-state index contributed by atoms with van der Waals surface area (Å²) < 4.78 is 0. The predicted molar refractivity (Wildman–Crippen MR) is 301 cm³/mol. The van der Waals surface area contributed by atoms with E-state index in [0.717, 1.165) is 80.4 Å². The summed E-state index contributed by atoms with van der Waals surface area (Å²) in [5, 5.41) is 0. The third kappa shape index (κ3) is 7.87. The highest BCUT2D eigenvalue weighted by Gasteiger charge is 2.36. The van der Waals surface area contributed by atoms with Crippen LogP contribution < -0.4 is 9.80 Å². The number of benzene rings is 9. The van der Waals surface area contributed by atoms with E-state index in [1.807, 2.05) is 30.3 Å². The van der Waals surface area contributed by atoms with Crippen molar-refractivity contribution in [1.82, 2.24) is 9.97 Å². The summed E-state index contributed by atoms with van der Waals surface area (Å²) in [6.07, 6.45) is 13.5. The number of anilines is 5. The van der Waals surface area contributed by atoms with E-state index in [2.05, 4.69) is 246 Å². The van der Waals surface area contributed by atoms with E-state index in [9.17, 15) is 0 Å². The number of hydrogen-bond acceptors (Lipinski definition) is 4. The van der Waals surface area contributed by atoms with Crippen molar-refractivity contribution in [2.24, 2.45) is 0 Å². The topological polar surface area (TPSA) is 32.3 Å². The SMILES string of the molecule is C1=C(c2ccccc2C2=CC=CCC2)C=CC2C=1c1cc(-c3ccccc3-c3ccccc3)ccc1N2c1ccc(N(c2ccccc2)c2ccc(-c3nc4ccccc4nc3-c3ccccc3)cc2)cc1. The van der Waals surface area contributed by atoms with Gasteiger partial charge in [0.1, 0.15) is 0 Å². The molecule has 1 aliphatic heterocycles. The van der Waals surface area contributed by atoms with E-state index in [1.165, 1.54) is 50.1 Å². The van der Waals surface area contributed by atoms with Crippen LogP contribution in [0.4, 0.5) is 28.4 Å². The Morgan fingerprint density at radius 3 is 1.64 bits per heavy atom. The molecule has 0 fully saturated rings. The zero-order chi connectivity index (χ0) is 47.8. The molecule has 0 saturated carbocycles. The van der Waals surface area contributed by atoms with Gasteiger partial charge >= 0.3 is 0 Å². The van der Waals surface area contributed by atoms with Gasteiger partial charge in [-0.3, -0.25) is 0 Å². The molecule has 10 aromatic rings. The number of nitrogens with zero attached hydrogens (tertiary/aromatic N) is 4. The van der Waals surface area contributed by atoms with Gasteiger partial charge in [-0.15, -0.1) is 5.73 Å². The van der Waals surface area contributed by atoms with Crippen molar-refractivity contribution < 1.29 is 0 Å². The highest BCUT2D eigenvalue weighted by molar-refractivity contribution is 6.01. The molecule has 1 unspecified atom stereocenters. The first-order chi connectivity index (χ1) is 35.7. The van der Waals surface area contributed by atoms with Gasteiger partial charge in [0, 0.05) is 50.6 Å². The molecule has 0 N–H and O–H groups in total. The van der Waals surface area contributed by atoms with Crippen LogP contribution in [-0.4, -0.2) is 16.0 Å². The molecule has 340 valence electrons. The lowest BCUT2D eigenvalue weighted by atomic mass is 9.87. The van der Waals surface area contributed by atoms with Gasteiger partial charge in [-0.05, 0) is 131 Å². The molecule has 3 aliphatic rings. The second kappa shape index (κ2) is 18.5. The molecule has 0 saturated heterocycles. The van der Waals surface area contributed by atoms with Crippen LogP contribution in [0.5, 0.6) is 0 Å². The Bertz CT molecular complexity index is 3830. The zero-order valence-corrected chi connectivity index (χ0v) is 39.6. The summed E-state index contributed by atoms with van der Waals surface area (Å²) in [5.41, 5.74) is 27.2. The average molecular weight is 921 g/mol. The van der Waals surface area contributed by atoms with Crippen LogP contribution in [0, 0.1) is 0 Å². The molecule has 9 aromatic carbocycles. The number of aromatic nitrogens is 2. The Hall–Kier alpha value is -9.34. The highest BCUT2D eigenvalue weighted by Crippen LogP contribution is 2.50. The Balaban J connectivity index is 0.901. The van der Waals surface area contributed by atoms with Crippen LogP contribution in [-0.2, 0) is 0 Å². The van der Waals surface area contributed by atoms with Gasteiger partial charge in [-0.1, -0.05) is 182 Å². The minimum atomic E-state index is -0.0463. The van der Waals surface area contributed by atoms with E-state index in [0.29, 0.717) is 0 Å². The molecule has 0 bridgehead atoms. The molecule has 1 aromatic heterocycles. The van der Waals surface area contributed by atoms with Crippen LogP contribution in [0.1, 0.15) is 29.5 Å². The first-order valence-corrected chi connectivity index (χ1v) is 24.8. The Labute approximate surface area is 420 Å². The molecule has 4 heteroatoms. The Kier molecular flexibility index (Phi) is 11.0. The number of hydrogen-bond donors (Lipinski definition) is 0. The molecule has 13 rings (SSSR count). The fourth-order valence-corrected chi connectivity index (χ4v) is 10.7. The summed E-state index contributed by atoms with van der Waals surface area (Å²) in [6.45, 7) is 0. The van der Waals surface area contributed by atoms with Gasteiger partial charge in [0.05, 0.1) is 34.2 Å². The molecule has 4 nitrogen and oxygen atoms in total. The van der Waals surface area contributed by atoms with Crippen LogP contribution in [0.25, 0.3) is 72.5 Å². The molecule has 0 radical (unpaired) electrons. The van der Waals surface area contributed by atoms with E-state index in [4.69, 9.17) is 9.97 Å². The zero-order valence-electron chi connectivity index (χ0n) is 39.6. The van der Waals surface area contributed by atoms with E-state index in [-0.39, 0.29) is 6.04 Å². The largest absolute Gasteiger partial charge is 0.329 e. The lowest BCUT2D eigenvalue weighted by molar-refractivity contribution is 0.998. The second-order valence-corrected chi connectivity index (χ2v) is 18.5. The van der Waals surface area contributed by atoms with E-state index in [1.54, 1.807) is 0 Å². The van der Waals surface area contributed by atoms with Gasteiger partial charge in [0.2, 0.25) is 0 Å². The predicted octanol–water partition coefficient (Wildman–Crippen LogP) is 17.7. The van der Waals surface area contributed by atoms with E-state index < -0.39 is 0 Å². The summed E-state index contributed by atoms with van der Waals surface area (Å²) in [4.78, 5) is 15.1. The summed E-state index contributed by atoms with van der Waals surface area (Å²) >= 11 is 0. The highest BCUT2D eigenvalue weighted by atomic mass is 15.2. The lowest BCUT2D eigenvalue weighted by Gasteiger charge is -2.29. The van der Waals surface area contributed by atoms with Gasteiger partial charge < -0.3 is 9.80 Å². The Morgan fingerprint density at radius 1 is 0.458 bits per heavy atom. The average Bonchev–Trinajstić information content (AvgIpc) is 3.79. The smallest absolute Gasteiger partial charge is 0.0973 e. The van der Waals surface area contributed by atoms with Crippen molar-refractivity contribution in [3.05, 3.63) is 283 Å². The maximum absolute atomic E-state index is 5.19. The van der Waals surface area contributed by atoms with Gasteiger partial charge in [-0.2, -0.15) is 0 Å². The number of allylic oxidation sites excluding steroid dienone is 5. The summed E-state index contributed by atoms with van der Waals surface area (Å²) in [5.74, 6) is 0. The van der Waals surface area contributed by atoms with Crippen molar-refractivity contribution in [3.8, 4) is 44.8 Å². The maximum Gasteiger partial charge on any atom is 0.0973 e. The number of para-hydroxylation sites is 3. The molecule has 0 amide bonds. The fourth-order valence-electron chi connectivity index (χ4n) is 10.7. The molecule has 72 heavy (non-hydrogen) atoms.